The fraction of sp³-hybridized carbons (Fsp3) is 0. The maximum Gasteiger partial charge on any atom is 0.262 e. The minimum atomic E-state index is -3.99. The van der Waals surface area contributed by atoms with E-state index in [2.05, 4.69) is 4.72 Å². The van der Waals surface area contributed by atoms with E-state index in [4.69, 9.17) is 28.9 Å². The Hall–Kier alpha value is -1.50. The zero-order chi connectivity index (χ0) is 14.9. The van der Waals surface area contributed by atoms with Crippen molar-refractivity contribution in [3.05, 3.63) is 52.3 Å². The van der Waals surface area contributed by atoms with Crippen molar-refractivity contribution in [3.8, 4) is 0 Å². The Labute approximate surface area is 125 Å². The van der Waals surface area contributed by atoms with E-state index in [1.165, 1.54) is 24.3 Å². The zero-order valence-corrected chi connectivity index (χ0v) is 12.2. The summed E-state index contributed by atoms with van der Waals surface area (Å²) in [4.78, 5) is -0.233. The second kappa shape index (κ2) is 5.47. The van der Waals surface area contributed by atoms with Crippen molar-refractivity contribution in [2.45, 2.75) is 4.90 Å². The molecule has 3 N–H and O–H groups in total. The number of nitrogens with two attached hydrogens (primary N) is 1. The Morgan fingerprint density at radius 2 is 1.85 bits per heavy atom. The lowest BCUT2D eigenvalue weighted by Crippen LogP contribution is -2.14. The molecule has 0 saturated heterocycles. The van der Waals surface area contributed by atoms with Crippen molar-refractivity contribution < 1.29 is 12.8 Å². The minimum absolute atomic E-state index is 0.000304. The first-order chi connectivity index (χ1) is 9.29. The molecule has 0 spiro atoms. The van der Waals surface area contributed by atoms with E-state index >= 15 is 0 Å². The van der Waals surface area contributed by atoms with Gasteiger partial charge in [0.05, 0.1) is 21.3 Å². The number of benzene rings is 2. The smallest absolute Gasteiger partial charge is 0.262 e. The molecule has 4 nitrogen and oxygen atoms in total. The molecule has 0 amide bonds. The molecule has 0 atom stereocenters. The van der Waals surface area contributed by atoms with Crippen LogP contribution in [0.2, 0.25) is 10.0 Å². The summed E-state index contributed by atoms with van der Waals surface area (Å²) >= 11 is 11.6. The number of halogens is 3. The lowest BCUT2D eigenvalue weighted by Gasteiger charge is -2.12. The number of hydrogen-bond donors (Lipinski definition) is 2. The van der Waals surface area contributed by atoms with Crippen LogP contribution in [-0.2, 0) is 10.0 Å². The lowest BCUT2D eigenvalue weighted by molar-refractivity contribution is 0.595. The van der Waals surface area contributed by atoms with Crippen LogP contribution in [-0.4, -0.2) is 8.42 Å². The van der Waals surface area contributed by atoms with Crippen LogP contribution in [0.25, 0.3) is 0 Å². The summed E-state index contributed by atoms with van der Waals surface area (Å²) in [6, 6.07) is 7.28. The Morgan fingerprint density at radius 1 is 1.15 bits per heavy atom. The van der Waals surface area contributed by atoms with Crippen LogP contribution >= 0.6 is 23.2 Å². The van der Waals surface area contributed by atoms with Gasteiger partial charge in [0, 0.05) is 5.02 Å². The average molecular weight is 335 g/mol. The number of nitrogens with one attached hydrogen (secondary N) is 1. The Balaban J connectivity index is 2.44. The van der Waals surface area contributed by atoms with Gasteiger partial charge in [-0.2, -0.15) is 0 Å². The van der Waals surface area contributed by atoms with Gasteiger partial charge in [-0.3, -0.25) is 4.72 Å². The van der Waals surface area contributed by atoms with E-state index in [9.17, 15) is 12.8 Å². The summed E-state index contributed by atoms with van der Waals surface area (Å²) in [5.41, 5.74) is 5.74. The summed E-state index contributed by atoms with van der Waals surface area (Å²) in [5, 5.41) is 0.330. The van der Waals surface area contributed by atoms with E-state index in [-0.39, 0.29) is 26.3 Å². The van der Waals surface area contributed by atoms with Crippen LogP contribution in [0.4, 0.5) is 15.8 Å². The normalized spacial score (nSPS) is 11.3. The molecule has 0 aromatic heterocycles. The molecule has 0 bridgehead atoms. The molecule has 0 unspecified atom stereocenters. The predicted molar refractivity (Wildman–Crippen MR) is 78.1 cm³/mol. The predicted octanol–water partition coefficient (Wildman–Crippen LogP) is 3.52. The summed E-state index contributed by atoms with van der Waals surface area (Å²) in [6.45, 7) is 0. The third kappa shape index (κ3) is 3.15. The van der Waals surface area contributed by atoms with Crippen molar-refractivity contribution >= 4 is 44.6 Å². The molecule has 0 heterocycles. The van der Waals surface area contributed by atoms with Gasteiger partial charge >= 0.3 is 0 Å². The average Bonchev–Trinajstić information content (AvgIpc) is 2.34. The van der Waals surface area contributed by atoms with E-state index < -0.39 is 15.8 Å². The van der Waals surface area contributed by atoms with Gasteiger partial charge in [0.1, 0.15) is 5.82 Å². The number of rotatable bonds is 3. The van der Waals surface area contributed by atoms with Crippen molar-refractivity contribution in [2.24, 2.45) is 0 Å². The third-order valence-electron chi connectivity index (χ3n) is 2.43. The van der Waals surface area contributed by atoms with Gasteiger partial charge in [-0.15, -0.1) is 0 Å². The van der Waals surface area contributed by atoms with Crippen LogP contribution in [0.15, 0.2) is 41.3 Å². The number of hydrogen-bond acceptors (Lipinski definition) is 3. The van der Waals surface area contributed by atoms with Crippen LogP contribution in [0.5, 0.6) is 0 Å². The SMILES string of the molecule is Nc1cc(Cl)cc(Cl)c1NS(=O)(=O)c1cccc(F)c1. The molecule has 2 aromatic rings. The van der Waals surface area contributed by atoms with Crippen molar-refractivity contribution in [1.29, 1.82) is 0 Å². The second-order valence-corrected chi connectivity index (χ2v) is 6.44. The highest BCUT2D eigenvalue weighted by atomic mass is 35.5. The molecule has 0 aliphatic rings. The molecular formula is C12H9Cl2FN2O2S. The molecule has 0 aliphatic carbocycles. The molecule has 0 saturated carbocycles. The first-order valence-corrected chi connectivity index (χ1v) is 7.56. The van der Waals surface area contributed by atoms with E-state index in [0.29, 0.717) is 0 Å². The first kappa shape index (κ1) is 14.9. The number of anilines is 2. The first-order valence-electron chi connectivity index (χ1n) is 5.32. The lowest BCUT2D eigenvalue weighted by atomic mass is 10.3. The molecular weight excluding hydrogens is 326 g/mol. The zero-order valence-electron chi connectivity index (χ0n) is 9.90. The van der Waals surface area contributed by atoms with Gasteiger partial charge in [0.15, 0.2) is 0 Å². The maximum atomic E-state index is 13.1. The fourth-order valence-corrected chi connectivity index (χ4v) is 3.28. The quantitative estimate of drug-likeness (QED) is 0.843. The van der Waals surface area contributed by atoms with Gasteiger partial charge < -0.3 is 5.73 Å². The third-order valence-corrected chi connectivity index (χ3v) is 4.29. The molecule has 0 aliphatic heterocycles. The van der Waals surface area contributed by atoms with Crippen LogP contribution in [0.1, 0.15) is 0 Å². The summed E-state index contributed by atoms with van der Waals surface area (Å²) < 4.78 is 39.5. The van der Waals surface area contributed by atoms with Gasteiger partial charge in [-0.1, -0.05) is 29.3 Å². The molecule has 2 rings (SSSR count). The van der Waals surface area contributed by atoms with Crippen molar-refractivity contribution in [3.63, 3.8) is 0 Å². The molecule has 0 radical (unpaired) electrons. The molecule has 2 aromatic carbocycles. The second-order valence-electron chi connectivity index (χ2n) is 3.91. The maximum absolute atomic E-state index is 13.1. The minimum Gasteiger partial charge on any atom is -0.397 e. The van der Waals surface area contributed by atoms with Gasteiger partial charge in [0.25, 0.3) is 10.0 Å². The topological polar surface area (TPSA) is 72.2 Å². The van der Waals surface area contributed by atoms with Gasteiger partial charge in [-0.25, -0.2) is 12.8 Å². The molecule has 20 heavy (non-hydrogen) atoms. The van der Waals surface area contributed by atoms with Gasteiger partial charge in [-0.05, 0) is 30.3 Å². The Bertz CT molecular complexity index is 743. The highest BCUT2D eigenvalue weighted by Gasteiger charge is 2.18. The van der Waals surface area contributed by atoms with E-state index in [1.54, 1.807) is 0 Å². The Morgan fingerprint density at radius 3 is 2.45 bits per heavy atom. The fourth-order valence-electron chi connectivity index (χ4n) is 1.53. The Kier molecular flexibility index (Phi) is 4.08. The van der Waals surface area contributed by atoms with Gasteiger partial charge in [0.2, 0.25) is 0 Å². The summed E-state index contributed by atoms with van der Waals surface area (Å²) in [7, 11) is -3.99. The summed E-state index contributed by atoms with van der Waals surface area (Å²) in [5.74, 6) is -0.664. The summed E-state index contributed by atoms with van der Waals surface area (Å²) in [6.07, 6.45) is 0. The molecule has 0 fully saturated rings. The van der Waals surface area contributed by atoms with Crippen LogP contribution < -0.4 is 10.5 Å². The largest absolute Gasteiger partial charge is 0.397 e. The van der Waals surface area contributed by atoms with Crippen LogP contribution in [0, 0.1) is 5.82 Å². The standard InChI is InChI=1S/C12H9Cl2FN2O2S/c13-7-4-10(14)12(11(16)5-7)17-20(18,19)9-3-1-2-8(15)6-9/h1-6,17H,16H2. The number of sulfonamides is 1. The number of nitrogen functional groups attached to an aromatic ring is 1. The monoisotopic (exact) mass is 334 g/mol. The molecule has 8 heteroatoms. The van der Waals surface area contributed by atoms with Crippen LogP contribution in [0.3, 0.4) is 0 Å². The highest BCUT2D eigenvalue weighted by Crippen LogP contribution is 2.33. The van der Waals surface area contributed by atoms with Crippen molar-refractivity contribution in [1.82, 2.24) is 0 Å². The molecule has 106 valence electrons. The van der Waals surface area contributed by atoms with E-state index in [0.717, 1.165) is 12.1 Å². The van der Waals surface area contributed by atoms with Crippen molar-refractivity contribution in [2.75, 3.05) is 10.5 Å². The van der Waals surface area contributed by atoms with E-state index in [1.807, 2.05) is 0 Å². The highest BCUT2D eigenvalue weighted by molar-refractivity contribution is 7.92.